The number of hydrogen-bond acceptors (Lipinski definition) is 4. The van der Waals surface area contributed by atoms with E-state index in [1.54, 1.807) is 6.07 Å². The summed E-state index contributed by atoms with van der Waals surface area (Å²) >= 11 is 3.44. The predicted molar refractivity (Wildman–Crippen MR) is 86.1 cm³/mol. The van der Waals surface area contributed by atoms with Gasteiger partial charge in [-0.05, 0) is 34.2 Å². The quantitative estimate of drug-likeness (QED) is 0.685. The van der Waals surface area contributed by atoms with Crippen LogP contribution in [0, 0.1) is 2.88 Å². The summed E-state index contributed by atoms with van der Waals surface area (Å²) in [5, 5.41) is 0. The second-order valence-electron chi connectivity index (χ2n) is 4.08. The number of aromatic amines is 1. The SMILES string of the molecule is O=c1[nH]c2cc(I)sc2c(=O)n1OCc1ccccc1. The molecule has 3 rings (SSSR count). The number of nitrogens with zero attached hydrogens (tertiary/aromatic N) is 1. The van der Waals surface area contributed by atoms with Gasteiger partial charge in [0.25, 0.3) is 0 Å². The Hall–Kier alpha value is -1.61. The molecule has 0 spiro atoms. The van der Waals surface area contributed by atoms with E-state index >= 15 is 0 Å². The van der Waals surface area contributed by atoms with Crippen LogP contribution in [0.3, 0.4) is 0 Å². The zero-order chi connectivity index (χ0) is 14.1. The van der Waals surface area contributed by atoms with E-state index in [2.05, 4.69) is 27.6 Å². The van der Waals surface area contributed by atoms with Crippen LogP contribution in [-0.4, -0.2) is 9.71 Å². The Morgan fingerprint density at radius 2 is 2.00 bits per heavy atom. The van der Waals surface area contributed by atoms with Gasteiger partial charge in [-0.15, -0.1) is 11.3 Å². The predicted octanol–water partition coefficient (Wildman–Crippen LogP) is 1.98. The molecule has 20 heavy (non-hydrogen) atoms. The molecule has 1 N–H and O–H groups in total. The number of benzene rings is 1. The van der Waals surface area contributed by atoms with Crippen molar-refractivity contribution in [1.29, 1.82) is 0 Å². The van der Waals surface area contributed by atoms with E-state index in [4.69, 9.17) is 4.84 Å². The monoisotopic (exact) mass is 400 g/mol. The molecule has 2 heterocycles. The van der Waals surface area contributed by atoms with Gasteiger partial charge in [0.1, 0.15) is 11.3 Å². The summed E-state index contributed by atoms with van der Waals surface area (Å²) < 4.78 is 2.20. The topological polar surface area (TPSA) is 64.1 Å². The molecule has 0 amide bonds. The molecular formula is C13H9IN2O3S. The summed E-state index contributed by atoms with van der Waals surface area (Å²) in [6, 6.07) is 11.1. The van der Waals surface area contributed by atoms with Gasteiger partial charge >= 0.3 is 11.2 Å². The first-order chi connectivity index (χ1) is 9.65. The molecule has 102 valence electrons. The summed E-state index contributed by atoms with van der Waals surface area (Å²) in [5.41, 5.74) is 0.453. The van der Waals surface area contributed by atoms with Crippen LogP contribution in [0.2, 0.25) is 0 Å². The van der Waals surface area contributed by atoms with E-state index in [1.165, 1.54) is 11.3 Å². The molecular weight excluding hydrogens is 391 g/mol. The third kappa shape index (κ3) is 2.50. The van der Waals surface area contributed by atoms with Crippen LogP contribution in [0.5, 0.6) is 0 Å². The number of hydrogen-bond donors (Lipinski definition) is 1. The fourth-order valence-electron chi connectivity index (χ4n) is 1.79. The first-order valence-electron chi connectivity index (χ1n) is 5.77. The lowest BCUT2D eigenvalue weighted by atomic mass is 10.2. The minimum Gasteiger partial charge on any atom is -0.401 e. The van der Waals surface area contributed by atoms with Crippen LogP contribution >= 0.6 is 33.9 Å². The van der Waals surface area contributed by atoms with Gasteiger partial charge in [-0.1, -0.05) is 35.1 Å². The van der Waals surface area contributed by atoms with E-state index in [-0.39, 0.29) is 6.61 Å². The third-order valence-electron chi connectivity index (χ3n) is 2.71. The van der Waals surface area contributed by atoms with Crippen LogP contribution in [0.15, 0.2) is 46.0 Å². The first-order valence-corrected chi connectivity index (χ1v) is 7.66. The first kappa shape index (κ1) is 13.4. The second kappa shape index (κ2) is 5.41. The Morgan fingerprint density at radius 3 is 2.75 bits per heavy atom. The molecule has 0 radical (unpaired) electrons. The van der Waals surface area contributed by atoms with Gasteiger partial charge in [0, 0.05) is 0 Å². The summed E-state index contributed by atoms with van der Waals surface area (Å²) in [6.07, 6.45) is 0. The minimum atomic E-state index is -0.562. The van der Waals surface area contributed by atoms with E-state index < -0.39 is 11.2 Å². The Morgan fingerprint density at radius 1 is 1.25 bits per heavy atom. The Bertz CT molecular complexity index is 867. The van der Waals surface area contributed by atoms with Gasteiger partial charge in [-0.2, -0.15) is 0 Å². The number of H-pyrrole nitrogens is 1. The van der Waals surface area contributed by atoms with Gasteiger partial charge in [-0.25, -0.2) is 4.79 Å². The van der Waals surface area contributed by atoms with Crippen molar-refractivity contribution in [2.45, 2.75) is 6.61 Å². The maximum atomic E-state index is 12.2. The molecule has 1 aromatic carbocycles. The highest BCUT2D eigenvalue weighted by molar-refractivity contribution is 14.1. The van der Waals surface area contributed by atoms with Gasteiger partial charge < -0.3 is 9.82 Å². The van der Waals surface area contributed by atoms with Crippen LogP contribution < -0.4 is 16.1 Å². The summed E-state index contributed by atoms with van der Waals surface area (Å²) in [4.78, 5) is 32.1. The van der Waals surface area contributed by atoms with Crippen molar-refractivity contribution in [3.8, 4) is 0 Å². The maximum Gasteiger partial charge on any atom is 0.362 e. The molecule has 0 aliphatic heterocycles. The molecule has 0 unspecified atom stereocenters. The largest absolute Gasteiger partial charge is 0.401 e. The highest BCUT2D eigenvalue weighted by Crippen LogP contribution is 2.21. The lowest BCUT2D eigenvalue weighted by molar-refractivity contribution is 0.0806. The van der Waals surface area contributed by atoms with Crippen LogP contribution in [0.1, 0.15) is 5.56 Å². The second-order valence-corrected chi connectivity index (χ2v) is 7.03. The standard InChI is InChI=1S/C13H9IN2O3S/c14-10-6-9-11(20-10)12(17)16(13(18)15-9)19-7-8-4-2-1-3-5-8/h1-6H,7H2,(H,15,18). The van der Waals surface area contributed by atoms with Gasteiger partial charge in [0.05, 0.1) is 8.40 Å². The zero-order valence-corrected chi connectivity index (χ0v) is 13.1. The number of halogens is 1. The average molecular weight is 400 g/mol. The molecule has 7 heteroatoms. The molecule has 0 bridgehead atoms. The molecule has 5 nitrogen and oxygen atoms in total. The van der Waals surface area contributed by atoms with Crippen LogP contribution in [0.25, 0.3) is 10.2 Å². The number of thiophene rings is 1. The number of rotatable bonds is 3. The number of fused-ring (bicyclic) bond motifs is 1. The molecule has 0 aliphatic carbocycles. The zero-order valence-electron chi connectivity index (χ0n) is 10.1. The highest BCUT2D eigenvalue weighted by Gasteiger charge is 2.11. The van der Waals surface area contributed by atoms with Crippen molar-refractivity contribution in [3.05, 3.63) is 65.7 Å². The Labute approximate surface area is 130 Å². The maximum absolute atomic E-state index is 12.2. The fraction of sp³-hybridized carbons (Fsp3) is 0.0769. The molecule has 0 aliphatic rings. The number of nitrogens with one attached hydrogen (secondary N) is 1. The molecule has 0 atom stereocenters. The van der Waals surface area contributed by atoms with Crippen molar-refractivity contribution < 1.29 is 4.84 Å². The van der Waals surface area contributed by atoms with Gasteiger partial charge in [-0.3, -0.25) is 4.79 Å². The normalized spacial score (nSPS) is 10.8. The Balaban J connectivity index is 1.99. The summed E-state index contributed by atoms with van der Waals surface area (Å²) in [6.45, 7) is 0.164. The minimum absolute atomic E-state index is 0.164. The summed E-state index contributed by atoms with van der Waals surface area (Å²) in [5.74, 6) is 0. The van der Waals surface area contributed by atoms with Crippen molar-refractivity contribution in [1.82, 2.24) is 9.71 Å². The molecule has 0 fully saturated rings. The van der Waals surface area contributed by atoms with Crippen molar-refractivity contribution in [2.24, 2.45) is 0 Å². The van der Waals surface area contributed by atoms with Crippen LogP contribution in [0.4, 0.5) is 0 Å². The number of aromatic nitrogens is 2. The van der Waals surface area contributed by atoms with E-state index in [0.29, 0.717) is 10.2 Å². The highest BCUT2D eigenvalue weighted by atomic mass is 127. The molecule has 0 saturated carbocycles. The van der Waals surface area contributed by atoms with Gasteiger partial charge in [0.15, 0.2) is 0 Å². The van der Waals surface area contributed by atoms with E-state index in [9.17, 15) is 9.59 Å². The molecule has 0 saturated heterocycles. The Kier molecular flexibility index (Phi) is 3.62. The average Bonchev–Trinajstić information content (AvgIpc) is 2.80. The van der Waals surface area contributed by atoms with Gasteiger partial charge in [0.2, 0.25) is 0 Å². The third-order valence-corrected chi connectivity index (χ3v) is 4.59. The lowest BCUT2D eigenvalue weighted by Crippen LogP contribution is -2.39. The van der Waals surface area contributed by atoms with Crippen LogP contribution in [-0.2, 0) is 6.61 Å². The van der Waals surface area contributed by atoms with Crippen molar-refractivity contribution in [2.75, 3.05) is 0 Å². The molecule has 3 aromatic rings. The van der Waals surface area contributed by atoms with E-state index in [0.717, 1.165) is 13.2 Å². The van der Waals surface area contributed by atoms with Crippen molar-refractivity contribution in [3.63, 3.8) is 0 Å². The lowest BCUT2D eigenvalue weighted by Gasteiger charge is -2.06. The smallest absolute Gasteiger partial charge is 0.362 e. The van der Waals surface area contributed by atoms with Crippen molar-refractivity contribution >= 4 is 44.1 Å². The summed E-state index contributed by atoms with van der Waals surface area (Å²) in [7, 11) is 0. The fourth-order valence-corrected chi connectivity index (χ4v) is 3.53. The molecule has 2 aromatic heterocycles. The van der Waals surface area contributed by atoms with E-state index in [1.807, 2.05) is 30.3 Å².